The quantitative estimate of drug-likeness (QED) is 0.480. The summed E-state index contributed by atoms with van der Waals surface area (Å²) in [5.74, 6) is -0.216. The number of nitrogens with two attached hydrogens (primary N) is 1. The maximum Gasteiger partial charge on any atom is 0.272 e. The summed E-state index contributed by atoms with van der Waals surface area (Å²) in [5.41, 5.74) is 8.93. The first-order valence-corrected chi connectivity index (χ1v) is 8.84. The molecule has 0 bridgehead atoms. The molecule has 0 aliphatic heterocycles. The van der Waals surface area contributed by atoms with Gasteiger partial charge in [0, 0.05) is 28.7 Å². The normalized spacial score (nSPS) is 10.4. The highest BCUT2D eigenvalue weighted by Gasteiger charge is 2.11. The maximum absolute atomic E-state index is 12.6. The molecule has 0 spiro atoms. The summed E-state index contributed by atoms with van der Waals surface area (Å²) in [7, 11) is 0. The Kier molecular flexibility index (Phi) is 6.07. The lowest BCUT2D eigenvalue weighted by Crippen LogP contribution is -2.13. The van der Waals surface area contributed by atoms with Crippen LogP contribution in [0.4, 0.5) is 5.69 Å². The average molecular weight is 407 g/mol. The zero-order valence-electron chi connectivity index (χ0n) is 15.4. The van der Waals surface area contributed by atoms with Crippen molar-refractivity contribution in [3.05, 3.63) is 94.3 Å². The van der Waals surface area contributed by atoms with Crippen LogP contribution in [0.2, 0.25) is 0 Å². The molecule has 3 aromatic carbocycles. The van der Waals surface area contributed by atoms with Gasteiger partial charge in [0.2, 0.25) is 0 Å². The summed E-state index contributed by atoms with van der Waals surface area (Å²) < 4.78 is 0. The molecule has 0 saturated heterocycles. The lowest BCUT2D eigenvalue weighted by Gasteiger charge is -2.09. The van der Waals surface area contributed by atoms with Crippen LogP contribution in [-0.4, -0.2) is 16.1 Å². The average Bonchev–Trinajstić information content (AvgIpc) is 2.74. The van der Waals surface area contributed by atoms with Crippen molar-refractivity contribution in [1.82, 2.24) is 10.2 Å². The van der Waals surface area contributed by atoms with Gasteiger partial charge < -0.3 is 11.1 Å². The molecule has 0 fully saturated rings. The van der Waals surface area contributed by atoms with Crippen molar-refractivity contribution >= 4 is 34.8 Å². The Labute approximate surface area is 173 Å². The van der Waals surface area contributed by atoms with Crippen LogP contribution >= 0.6 is 12.4 Å². The zero-order valence-corrected chi connectivity index (χ0v) is 16.2. The number of carbonyl (C=O) groups is 1. The number of anilines is 1. The molecule has 4 N–H and O–H groups in total. The van der Waals surface area contributed by atoms with Gasteiger partial charge in [-0.05, 0) is 35.9 Å². The first kappa shape index (κ1) is 20.3. The van der Waals surface area contributed by atoms with Crippen molar-refractivity contribution in [1.29, 1.82) is 0 Å². The molecule has 4 aromatic rings. The van der Waals surface area contributed by atoms with Gasteiger partial charge in [-0.15, -0.1) is 12.4 Å². The minimum absolute atomic E-state index is 0. The molecule has 0 unspecified atom stereocenters. The zero-order chi connectivity index (χ0) is 19.5. The lowest BCUT2D eigenvalue weighted by molar-refractivity contribution is 0.102. The standard InChI is InChI=1S/C22H18N4O2.ClH/c23-13-14-5-3-7-16(11-14)21(27)24-17-8-4-6-15(12-17)20-18-9-1-2-10-19(18)22(28)26-25-20;/h1-12H,13,23H2,(H,24,27)(H,26,28);1H. The van der Waals surface area contributed by atoms with Gasteiger partial charge in [0.25, 0.3) is 11.5 Å². The third-order valence-corrected chi connectivity index (χ3v) is 4.51. The van der Waals surface area contributed by atoms with Crippen LogP contribution < -0.4 is 16.6 Å². The second-order valence-corrected chi connectivity index (χ2v) is 6.39. The molecule has 4 rings (SSSR count). The molecule has 146 valence electrons. The van der Waals surface area contributed by atoms with E-state index in [-0.39, 0.29) is 23.9 Å². The highest BCUT2D eigenvalue weighted by Crippen LogP contribution is 2.26. The fourth-order valence-electron chi connectivity index (χ4n) is 3.12. The Morgan fingerprint density at radius 3 is 2.52 bits per heavy atom. The molecule has 0 aliphatic carbocycles. The minimum atomic E-state index is -0.233. The maximum atomic E-state index is 12.6. The van der Waals surface area contributed by atoms with E-state index in [9.17, 15) is 9.59 Å². The number of hydrogen-bond acceptors (Lipinski definition) is 4. The van der Waals surface area contributed by atoms with E-state index in [4.69, 9.17) is 5.73 Å². The first-order valence-electron chi connectivity index (χ1n) is 8.84. The number of H-pyrrole nitrogens is 1. The molecule has 1 aromatic heterocycles. The largest absolute Gasteiger partial charge is 0.326 e. The molecule has 0 aliphatic rings. The van der Waals surface area contributed by atoms with Gasteiger partial charge in [0.1, 0.15) is 0 Å². The predicted octanol–water partition coefficient (Wildman–Crippen LogP) is 3.72. The Balaban J connectivity index is 0.00000240. The summed E-state index contributed by atoms with van der Waals surface area (Å²) in [5, 5.41) is 11.0. The molecule has 1 heterocycles. The number of benzene rings is 3. The van der Waals surface area contributed by atoms with E-state index in [1.54, 1.807) is 18.2 Å². The number of fused-ring (bicyclic) bond motifs is 1. The van der Waals surface area contributed by atoms with Crippen molar-refractivity contribution in [2.45, 2.75) is 6.54 Å². The van der Waals surface area contributed by atoms with Crippen LogP contribution in [0.15, 0.2) is 77.6 Å². The van der Waals surface area contributed by atoms with Crippen molar-refractivity contribution < 1.29 is 4.79 Å². The summed E-state index contributed by atoms with van der Waals surface area (Å²) in [6, 6.07) is 21.9. The number of hydrogen-bond donors (Lipinski definition) is 3. The Morgan fingerprint density at radius 1 is 0.966 bits per heavy atom. The van der Waals surface area contributed by atoms with E-state index in [2.05, 4.69) is 15.5 Å². The number of nitrogens with one attached hydrogen (secondary N) is 2. The van der Waals surface area contributed by atoms with Crippen LogP contribution in [-0.2, 0) is 6.54 Å². The first-order chi connectivity index (χ1) is 13.7. The van der Waals surface area contributed by atoms with Crippen LogP contribution in [0.25, 0.3) is 22.0 Å². The number of nitrogens with zero attached hydrogens (tertiary/aromatic N) is 1. The molecular weight excluding hydrogens is 388 g/mol. The molecule has 1 amide bonds. The number of aromatic nitrogens is 2. The monoisotopic (exact) mass is 406 g/mol. The predicted molar refractivity (Wildman–Crippen MR) is 117 cm³/mol. The van der Waals surface area contributed by atoms with Crippen molar-refractivity contribution in [3.8, 4) is 11.3 Å². The molecule has 0 saturated carbocycles. The van der Waals surface area contributed by atoms with E-state index in [1.165, 1.54) is 0 Å². The molecule has 6 nitrogen and oxygen atoms in total. The molecule has 7 heteroatoms. The fraction of sp³-hybridized carbons (Fsp3) is 0.0455. The van der Waals surface area contributed by atoms with Crippen LogP contribution in [0.3, 0.4) is 0 Å². The van der Waals surface area contributed by atoms with Gasteiger partial charge >= 0.3 is 0 Å². The van der Waals surface area contributed by atoms with Gasteiger partial charge in [-0.3, -0.25) is 9.59 Å². The minimum Gasteiger partial charge on any atom is -0.326 e. The van der Waals surface area contributed by atoms with E-state index in [0.717, 1.165) is 16.5 Å². The fourth-order valence-corrected chi connectivity index (χ4v) is 3.12. The van der Waals surface area contributed by atoms with Gasteiger partial charge in [0.15, 0.2) is 0 Å². The Morgan fingerprint density at radius 2 is 1.72 bits per heavy atom. The number of halogens is 1. The van der Waals surface area contributed by atoms with Crippen LogP contribution in [0, 0.1) is 0 Å². The smallest absolute Gasteiger partial charge is 0.272 e. The van der Waals surface area contributed by atoms with Crippen molar-refractivity contribution in [2.75, 3.05) is 5.32 Å². The molecule has 0 atom stereocenters. The lowest BCUT2D eigenvalue weighted by atomic mass is 10.0. The summed E-state index contributed by atoms with van der Waals surface area (Å²) in [4.78, 5) is 24.6. The van der Waals surface area contributed by atoms with Crippen molar-refractivity contribution in [3.63, 3.8) is 0 Å². The SMILES string of the molecule is Cl.NCc1cccc(C(=O)Nc2cccc(-c3n[nH]c(=O)c4ccccc34)c2)c1. The second kappa shape index (κ2) is 8.68. The highest BCUT2D eigenvalue weighted by molar-refractivity contribution is 6.05. The number of aromatic amines is 1. The van der Waals surface area contributed by atoms with E-state index < -0.39 is 0 Å². The third kappa shape index (κ3) is 4.18. The van der Waals surface area contributed by atoms with E-state index in [0.29, 0.717) is 28.9 Å². The number of rotatable bonds is 4. The summed E-state index contributed by atoms with van der Waals surface area (Å²) >= 11 is 0. The number of carbonyl (C=O) groups excluding carboxylic acids is 1. The topological polar surface area (TPSA) is 101 Å². The van der Waals surface area contributed by atoms with E-state index >= 15 is 0 Å². The third-order valence-electron chi connectivity index (χ3n) is 4.51. The van der Waals surface area contributed by atoms with Gasteiger partial charge in [-0.1, -0.05) is 42.5 Å². The van der Waals surface area contributed by atoms with E-state index in [1.807, 2.05) is 54.6 Å². The van der Waals surface area contributed by atoms with Gasteiger partial charge in [-0.25, -0.2) is 5.10 Å². The highest BCUT2D eigenvalue weighted by atomic mass is 35.5. The van der Waals surface area contributed by atoms with Gasteiger partial charge in [-0.2, -0.15) is 5.10 Å². The van der Waals surface area contributed by atoms with Crippen LogP contribution in [0.1, 0.15) is 15.9 Å². The number of amides is 1. The van der Waals surface area contributed by atoms with Crippen molar-refractivity contribution in [2.24, 2.45) is 5.73 Å². The Hall–Kier alpha value is -3.48. The molecule has 29 heavy (non-hydrogen) atoms. The summed E-state index contributed by atoms with van der Waals surface area (Å²) in [6.45, 7) is 0.377. The van der Waals surface area contributed by atoms with Crippen LogP contribution in [0.5, 0.6) is 0 Å². The molecule has 0 radical (unpaired) electrons. The molecular formula is C22H19ClN4O2. The second-order valence-electron chi connectivity index (χ2n) is 6.39. The Bertz CT molecular complexity index is 1240. The van der Waals surface area contributed by atoms with Gasteiger partial charge in [0.05, 0.1) is 11.1 Å². The summed E-state index contributed by atoms with van der Waals surface area (Å²) in [6.07, 6.45) is 0.